The Morgan fingerprint density at radius 3 is 2.57 bits per heavy atom. The van der Waals surface area contributed by atoms with Crippen LogP contribution in [0, 0.1) is 13.8 Å². The molecule has 0 bridgehead atoms. The van der Waals surface area contributed by atoms with Crippen LogP contribution in [0.2, 0.25) is 5.02 Å². The number of aromatic nitrogens is 1. The minimum absolute atomic E-state index is 0.371. The van der Waals surface area contributed by atoms with Crippen LogP contribution in [0.15, 0.2) is 35.4 Å². The molecule has 114 valence electrons. The minimum atomic E-state index is 0.371. The molecule has 2 rings (SSSR count). The van der Waals surface area contributed by atoms with Crippen molar-refractivity contribution in [1.29, 1.82) is 0 Å². The van der Waals surface area contributed by atoms with Crippen LogP contribution in [0.4, 0.5) is 0 Å². The Bertz CT molecular complexity index is 572. The van der Waals surface area contributed by atoms with E-state index < -0.39 is 0 Å². The zero-order valence-corrected chi connectivity index (χ0v) is 14.7. The van der Waals surface area contributed by atoms with Gasteiger partial charge >= 0.3 is 0 Å². The van der Waals surface area contributed by atoms with Gasteiger partial charge in [-0.15, -0.1) is 11.8 Å². The van der Waals surface area contributed by atoms with Crippen LogP contribution in [0.25, 0.3) is 0 Å². The molecule has 1 heterocycles. The topological polar surface area (TPSA) is 19.0 Å². The van der Waals surface area contributed by atoms with Gasteiger partial charge in [0.1, 0.15) is 0 Å². The molecule has 0 radical (unpaired) electrons. The first-order valence-electron chi connectivity index (χ1n) is 7.19. The Labute approximate surface area is 136 Å². The number of aromatic amines is 1. The molecule has 1 atom stereocenters. The molecule has 0 aliphatic heterocycles. The van der Waals surface area contributed by atoms with Crippen LogP contribution >= 0.6 is 23.4 Å². The fraction of sp³-hybridized carbons (Fsp3) is 0.412. The number of rotatable bonds is 6. The first-order valence-corrected chi connectivity index (χ1v) is 8.45. The number of nitrogens with zero attached hydrogens (tertiary/aromatic N) is 1. The summed E-state index contributed by atoms with van der Waals surface area (Å²) in [5, 5.41) is 1.25. The molecule has 0 aliphatic rings. The zero-order chi connectivity index (χ0) is 15.4. The van der Waals surface area contributed by atoms with Gasteiger partial charge in [-0.1, -0.05) is 23.7 Å². The Kier molecular flexibility index (Phi) is 5.80. The van der Waals surface area contributed by atoms with Crippen molar-refractivity contribution < 1.29 is 0 Å². The van der Waals surface area contributed by atoms with Gasteiger partial charge in [0, 0.05) is 27.1 Å². The highest BCUT2D eigenvalue weighted by atomic mass is 35.5. The number of thioether (sulfide) groups is 1. The minimum Gasteiger partial charge on any atom is -0.364 e. The first-order chi connectivity index (χ1) is 9.99. The number of H-pyrrole nitrogens is 1. The molecule has 0 aliphatic carbocycles. The van der Waals surface area contributed by atoms with E-state index in [2.05, 4.69) is 50.0 Å². The van der Waals surface area contributed by atoms with E-state index in [-0.39, 0.29) is 0 Å². The Morgan fingerprint density at radius 2 is 2.00 bits per heavy atom. The number of nitrogens with one attached hydrogen (secondary N) is 1. The monoisotopic (exact) mass is 322 g/mol. The predicted molar refractivity (Wildman–Crippen MR) is 93.5 cm³/mol. The Morgan fingerprint density at radius 1 is 1.24 bits per heavy atom. The lowest BCUT2D eigenvalue weighted by Crippen LogP contribution is -2.15. The van der Waals surface area contributed by atoms with E-state index in [1.54, 1.807) is 0 Å². The standard InChI is InChI=1S/C17H23ClN2S/c1-12-6-5-7-14(18)17(12)16(9-11-20(3)4)21-15-8-10-19-13(15)2/h5-8,10,16,19H,9,11H2,1-4H3. The maximum Gasteiger partial charge on any atom is 0.0452 e. The summed E-state index contributed by atoms with van der Waals surface area (Å²) in [6.07, 6.45) is 3.08. The van der Waals surface area contributed by atoms with E-state index in [1.165, 1.54) is 21.7 Å². The van der Waals surface area contributed by atoms with Crippen molar-refractivity contribution in [2.24, 2.45) is 0 Å². The number of hydrogen-bond donors (Lipinski definition) is 1. The van der Waals surface area contributed by atoms with Crippen molar-refractivity contribution in [2.75, 3.05) is 20.6 Å². The van der Waals surface area contributed by atoms with Gasteiger partial charge in [-0.25, -0.2) is 0 Å². The quantitative estimate of drug-likeness (QED) is 0.749. The van der Waals surface area contributed by atoms with Crippen LogP contribution in [0.1, 0.15) is 28.5 Å². The Balaban J connectivity index is 2.29. The van der Waals surface area contributed by atoms with Crippen LogP contribution in [-0.2, 0) is 0 Å². The lowest BCUT2D eigenvalue weighted by atomic mass is 10.0. The van der Waals surface area contributed by atoms with Crippen molar-refractivity contribution in [1.82, 2.24) is 9.88 Å². The lowest BCUT2D eigenvalue weighted by Gasteiger charge is -2.22. The molecular formula is C17H23ClN2S. The first kappa shape index (κ1) is 16.5. The highest BCUT2D eigenvalue weighted by molar-refractivity contribution is 7.99. The average Bonchev–Trinajstić information content (AvgIpc) is 2.81. The molecule has 1 aromatic carbocycles. The normalized spacial score (nSPS) is 12.9. The highest BCUT2D eigenvalue weighted by Gasteiger charge is 2.19. The summed E-state index contributed by atoms with van der Waals surface area (Å²) in [6, 6.07) is 8.32. The van der Waals surface area contributed by atoms with Crippen LogP contribution < -0.4 is 0 Å². The van der Waals surface area contributed by atoms with Crippen molar-refractivity contribution in [3.63, 3.8) is 0 Å². The largest absolute Gasteiger partial charge is 0.364 e. The summed E-state index contributed by atoms with van der Waals surface area (Å²) >= 11 is 8.39. The van der Waals surface area contributed by atoms with E-state index in [1.807, 2.05) is 30.1 Å². The fourth-order valence-corrected chi connectivity index (χ4v) is 4.17. The van der Waals surface area contributed by atoms with Gasteiger partial charge in [-0.3, -0.25) is 0 Å². The zero-order valence-electron chi connectivity index (χ0n) is 13.1. The van der Waals surface area contributed by atoms with Gasteiger partial charge < -0.3 is 9.88 Å². The third-order valence-corrected chi connectivity index (χ3v) is 5.39. The van der Waals surface area contributed by atoms with Gasteiger partial charge in [-0.2, -0.15) is 0 Å². The third kappa shape index (κ3) is 4.29. The second-order valence-corrected chi connectivity index (χ2v) is 7.29. The number of aryl methyl sites for hydroxylation is 2. The van der Waals surface area contributed by atoms with Crippen molar-refractivity contribution in [3.05, 3.63) is 52.3 Å². The van der Waals surface area contributed by atoms with Crippen molar-refractivity contribution >= 4 is 23.4 Å². The smallest absolute Gasteiger partial charge is 0.0452 e. The van der Waals surface area contributed by atoms with Crippen molar-refractivity contribution in [2.45, 2.75) is 30.4 Å². The van der Waals surface area contributed by atoms with Gasteiger partial charge in [0.05, 0.1) is 0 Å². The summed E-state index contributed by atoms with van der Waals surface area (Å²) in [7, 11) is 4.23. The maximum atomic E-state index is 6.48. The SMILES string of the molecule is Cc1cccc(Cl)c1C(CCN(C)C)Sc1cc[nH]c1C. The summed E-state index contributed by atoms with van der Waals surface area (Å²) in [5.74, 6) is 0. The molecule has 2 nitrogen and oxygen atoms in total. The number of halogens is 1. The predicted octanol–water partition coefficient (Wildman–Crippen LogP) is 5.07. The molecule has 1 N–H and O–H groups in total. The molecule has 4 heteroatoms. The third-order valence-electron chi connectivity index (χ3n) is 3.60. The fourth-order valence-electron chi connectivity index (χ4n) is 2.41. The molecule has 0 amide bonds. The molecule has 21 heavy (non-hydrogen) atoms. The van der Waals surface area contributed by atoms with E-state index in [4.69, 9.17) is 11.6 Å². The molecule has 1 aromatic heterocycles. The molecular weight excluding hydrogens is 300 g/mol. The summed E-state index contributed by atoms with van der Waals surface area (Å²) in [4.78, 5) is 6.78. The maximum absolute atomic E-state index is 6.48. The molecule has 0 saturated carbocycles. The average molecular weight is 323 g/mol. The molecule has 2 aromatic rings. The highest BCUT2D eigenvalue weighted by Crippen LogP contribution is 2.43. The van der Waals surface area contributed by atoms with Crippen LogP contribution in [0.3, 0.4) is 0 Å². The van der Waals surface area contributed by atoms with E-state index >= 15 is 0 Å². The summed E-state index contributed by atoms with van der Waals surface area (Å²) in [6.45, 7) is 5.31. The van der Waals surface area contributed by atoms with Gasteiger partial charge in [-0.05, 0) is 64.2 Å². The molecule has 0 saturated heterocycles. The van der Waals surface area contributed by atoms with E-state index in [0.29, 0.717) is 5.25 Å². The van der Waals surface area contributed by atoms with Gasteiger partial charge in [0.25, 0.3) is 0 Å². The second-order valence-electron chi connectivity index (χ2n) is 5.64. The van der Waals surface area contributed by atoms with Crippen LogP contribution in [-0.4, -0.2) is 30.5 Å². The van der Waals surface area contributed by atoms with Gasteiger partial charge in [0.2, 0.25) is 0 Å². The number of benzene rings is 1. The van der Waals surface area contributed by atoms with E-state index in [9.17, 15) is 0 Å². The van der Waals surface area contributed by atoms with Crippen molar-refractivity contribution in [3.8, 4) is 0 Å². The summed E-state index contributed by atoms with van der Waals surface area (Å²) in [5.41, 5.74) is 3.76. The Hall–Kier alpha value is -0.900. The van der Waals surface area contributed by atoms with Crippen LogP contribution in [0.5, 0.6) is 0 Å². The molecule has 1 unspecified atom stereocenters. The van der Waals surface area contributed by atoms with Gasteiger partial charge in [0.15, 0.2) is 0 Å². The second kappa shape index (κ2) is 7.39. The number of hydrogen-bond acceptors (Lipinski definition) is 2. The molecule has 0 spiro atoms. The lowest BCUT2D eigenvalue weighted by molar-refractivity contribution is 0.398. The van der Waals surface area contributed by atoms with E-state index in [0.717, 1.165) is 18.0 Å². The molecule has 0 fully saturated rings. The summed E-state index contributed by atoms with van der Waals surface area (Å²) < 4.78 is 0.